The quantitative estimate of drug-likeness (QED) is 0.791. The van der Waals surface area contributed by atoms with E-state index >= 15 is 0 Å². The van der Waals surface area contributed by atoms with Crippen LogP contribution in [0.5, 0.6) is 0 Å². The van der Waals surface area contributed by atoms with Crippen molar-refractivity contribution in [3.05, 3.63) is 77.1 Å². The molecule has 2 aromatic rings. The van der Waals surface area contributed by atoms with Crippen LogP contribution in [0.2, 0.25) is 0 Å². The Hall–Kier alpha value is -1.97. The number of hydrogen-bond acceptors (Lipinski definition) is 2. The summed E-state index contributed by atoms with van der Waals surface area (Å²) in [5.74, 6) is -0.361. The smallest absolute Gasteiger partial charge is 0.128 e. The molecule has 0 aliphatic rings. The first-order valence-electron chi connectivity index (χ1n) is 6.60. The Morgan fingerprint density at radius 3 is 2.65 bits per heavy atom. The highest BCUT2D eigenvalue weighted by Crippen LogP contribution is 2.10. The van der Waals surface area contributed by atoms with E-state index in [-0.39, 0.29) is 12.4 Å². The molecule has 0 fully saturated rings. The minimum atomic E-state index is -0.361. The van der Waals surface area contributed by atoms with Crippen LogP contribution in [0.4, 0.5) is 4.39 Å². The van der Waals surface area contributed by atoms with E-state index in [4.69, 9.17) is 5.11 Å². The van der Waals surface area contributed by atoms with Crippen LogP contribution < -0.4 is 5.32 Å². The molecule has 0 spiro atoms. The van der Waals surface area contributed by atoms with E-state index in [2.05, 4.69) is 11.4 Å². The van der Waals surface area contributed by atoms with Gasteiger partial charge in [-0.05, 0) is 23.3 Å². The fourth-order valence-electron chi connectivity index (χ4n) is 1.92. The second-order valence-electron chi connectivity index (χ2n) is 4.53. The zero-order valence-electron chi connectivity index (χ0n) is 11.2. The summed E-state index contributed by atoms with van der Waals surface area (Å²) >= 11 is 0. The van der Waals surface area contributed by atoms with Crippen LogP contribution in [0.25, 0.3) is 6.08 Å². The summed E-state index contributed by atoms with van der Waals surface area (Å²) in [7, 11) is 0. The van der Waals surface area contributed by atoms with Gasteiger partial charge in [0.15, 0.2) is 0 Å². The van der Waals surface area contributed by atoms with E-state index < -0.39 is 0 Å². The van der Waals surface area contributed by atoms with Crippen molar-refractivity contribution in [1.29, 1.82) is 0 Å². The molecular weight excluding hydrogens is 253 g/mol. The molecule has 0 amide bonds. The molecule has 2 nitrogen and oxygen atoms in total. The predicted molar refractivity (Wildman–Crippen MR) is 79.5 cm³/mol. The molecule has 0 bridgehead atoms. The lowest BCUT2D eigenvalue weighted by Gasteiger charge is -2.05. The Bertz CT molecular complexity index is 566. The lowest BCUT2D eigenvalue weighted by Crippen LogP contribution is -2.13. The van der Waals surface area contributed by atoms with Gasteiger partial charge in [0.2, 0.25) is 0 Å². The molecule has 0 saturated heterocycles. The highest BCUT2D eigenvalue weighted by molar-refractivity contribution is 5.48. The van der Waals surface area contributed by atoms with Gasteiger partial charge < -0.3 is 10.4 Å². The molecule has 20 heavy (non-hydrogen) atoms. The first-order valence-corrected chi connectivity index (χ1v) is 6.60. The molecule has 3 heteroatoms. The minimum Gasteiger partial charge on any atom is -0.392 e. The molecule has 2 N–H and O–H groups in total. The molecule has 0 radical (unpaired) electrons. The third-order valence-electron chi connectivity index (χ3n) is 2.98. The molecule has 0 unspecified atom stereocenters. The largest absolute Gasteiger partial charge is 0.392 e. The van der Waals surface area contributed by atoms with Crippen molar-refractivity contribution in [3.8, 4) is 0 Å². The summed E-state index contributed by atoms with van der Waals surface area (Å²) < 4.78 is 13.2. The van der Waals surface area contributed by atoms with E-state index in [1.165, 1.54) is 11.6 Å². The molecular formula is C17H18FNO. The van der Waals surface area contributed by atoms with Crippen molar-refractivity contribution in [1.82, 2.24) is 5.32 Å². The lowest BCUT2D eigenvalue weighted by atomic mass is 10.1. The zero-order chi connectivity index (χ0) is 14.2. The summed E-state index contributed by atoms with van der Waals surface area (Å²) in [5.41, 5.74) is 2.46. The number of halogens is 1. The fourth-order valence-corrected chi connectivity index (χ4v) is 1.92. The maximum Gasteiger partial charge on any atom is 0.128 e. The molecule has 0 heterocycles. The maximum absolute atomic E-state index is 13.2. The average molecular weight is 271 g/mol. The van der Waals surface area contributed by atoms with Gasteiger partial charge in [0.1, 0.15) is 5.82 Å². The second kappa shape index (κ2) is 7.58. The second-order valence-corrected chi connectivity index (χ2v) is 4.53. The third kappa shape index (κ3) is 4.30. The van der Waals surface area contributed by atoms with E-state index in [1.807, 2.05) is 36.4 Å². The van der Waals surface area contributed by atoms with Crippen molar-refractivity contribution in [2.75, 3.05) is 6.54 Å². The topological polar surface area (TPSA) is 32.3 Å². The van der Waals surface area contributed by atoms with E-state index in [9.17, 15) is 4.39 Å². The summed E-state index contributed by atoms with van der Waals surface area (Å²) in [4.78, 5) is 0. The summed E-state index contributed by atoms with van der Waals surface area (Å²) in [6.07, 6.45) is 4.10. The van der Waals surface area contributed by atoms with Crippen LogP contribution in [-0.4, -0.2) is 11.7 Å². The molecule has 104 valence electrons. The Morgan fingerprint density at radius 2 is 1.90 bits per heavy atom. The number of nitrogens with one attached hydrogen (secondary N) is 1. The van der Waals surface area contributed by atoms with Crippen molar-refractivity contribution in [2.45, 2.75) is 13.2 Å². The average Bonchev–Trinajstić information content (AvgIpc) is 2.49. The van der Waals surface area contributed by atoms with Crippen LogP contribution in [0.1, 0.15) is 16.7 Å². The Morgan fingerprint density at radius 1 is 1.10 bits per heavy atom. The SMILES string of the molecule is OCc1cc(CNC/C=C/c2ccccc2)ccc1F. The van der Waals surface area contributed by atoms with Crippen molar-refractivity contribution in [3.63, 3.8) is 0 Å². The van der Waals surface area contributed by atoms with Gasteiger partial charge in [0.05, 0.1) is 6.61 Å². The third-order valence-corrected chi connectivity index (χ3v) is 2.98. The van der Waals surface area contributed by atoms with Gasteiger partial charge in [0.25, 0.3) is 0 Å². The van der Waals surface area contributed by atoms with Gasteiger partial charge in [-0.2, -0.15) is 0 Å². The number of rotatable bonds is 6. The van der Waals surface area contributed by atoms with Crippen LogP contribution in [-0.2, 0) is 13.2 Å². The Labute approximate surface area is 118 Å². The summed E-state index contributed by atoms with van der Waals surface area (Å²) in [5, 5.41) is 12.3. The minimum absolute atomic E-state index is 0.270. The number of aliphatic hydroxyl groups is 1. The lowest BCUT2D eigenvalue weighted by molar-refractivity contribution is 0.275. The summed E-state index contributed by atoms with van der Waals surface area (Å²) in [6, 6.07) is 14.9. The molecule has 0 aliphatic carbocycles. The highest BCUT2D eigenvalue weighted by atomic mass is 19.1. The first-order chi connectivity index (χ1) is 9.79. The number of benzene rings is 2. The van der Waals surface area contributed by atoms with Gasteiger partial charge in [-0.3, -0.25) is 0 Å². The van der Waals surface area contributed by atoms with Crippen molar-refractivity contribution in [2.24, 2.45) is 0 Å². The summed E-state index contributed by atoms with van der Waals surface area (Å²) in [6.45, 7) is 1.11. The zero-order valence-corrected chi connectivity index (χ0v) is 11.2. The van der Waals surface area contributed by atoms with Gasteiger partial charge in [-0.25, -0.2) is 4.39 Å². The van der Waals surface area contributed by atoms with Crippen molar-refractivity contribution < 1.29 is 9.50 Å². The number of hydrogen-bond donors (Lipinski definition) is 2. The van der Waals surface area contributed by atoms with E-state index in [1.54, 1.807) is 12.1 Å². The standard InChI is InChI=1S/C17H18FNO/c18-17-9-8-15(11-16(17)13-20)12-19-10-4-7-14-5-2-1-3-6-14/h1-9,11,19-20H,10,12-13H2/b7-4+. The van der Waals surface area contributed by atoms with Crippen molar-refractivity contribution >= 4 is 6.08 Å². The van der Waals surface area contributed by atoms with Crippen LogP contribution >= 0.6 is 0 Å². The fraction of sp³-hybridized carbons (Fsp3) is 0.176. The Kier molecular flexibility index (Phi) is 5.47. The molecule has 2 rings (SSSR count). The number of aliphatic hydroxyl groups excluding tert-OH is 1. The van der Waals surface area contributed by atoms with Crippen LogP contribution in [0, 0.1) is 5.82 Å². The molecule has 0 atom stereocenters. The first kappa shape index (κ1) is 14.4. The van der Waals surface area contributed by atoms with Gasteiger partial charge in [0, 0.05) is 18.7 Å². The molecule has 2 aromatic carbocycles. The Balaban J connectivity index is 1.80. The van der Waals surface area contributed by atoms with Gasteiger partial charge in [-0.1, -0.05) is 48.6 Å². The van der Waals surface area contributed by atoms with Crippen LogP contribution in [0.15, 0.2) is 54.6 Å². The normalized spacial score (nSPS) is 11.1. The predicted octanol–water partition coefficient (Wildman–Crippen LogP) is 3.12. The molecule has 0 saturated carbocycles. The molecule has 0 aliphatic heterocycles. The van der Waals surface area contributed by atoms with E-state index in [0.717, 1.165) is 12.1 Å². The highest BCUT2D eigenvalue weighted by Gasteiger charge is 2.01. The van der Waals surface area contributed by atoms with Gasteiger partial charge in [-0.15, -0.1) is 0 Å². The van der Waals surface area contributed by atoms with E-state index in [0.29, 0.717) is 12.1 Å². The molecule has 0 aromatic heterocycles. The monoisotopic (exact) mass is 271 g/mol. The van der Waals surface area contributed by atoms with Gasteiger partial charge >= 0.3 is 0 Å². The maximum atomic E-state index is 13.2. The van der Waals surface area contributed by atoms with Crippen LogP contribution in [0.3, 0.4) is 0 Å².